The number of thioether (sulfide) groups is 1. The van der Waals surface area contributed by atoms with E-state index in [1.165, 1.54) is 18.1 Å². The smallest absolute Gasteiger partial charge is 0.230 e. The van der Waals surface area contributed by atoms with Crippen molar-refractivity contribution in [2.45, 2.75) is 11.9 Å². The average Bonchev–Trinajstić information content (AvgIpc) is 2.63. The summed E-state index contributed by atoms with van der Waals surface area (Å²) in [4.78, 5) is 20.5. The highest BCUT2D eigenvalue weighted by molar-refractivity contribution is 8.00. The Labute approximate surface area is 150 Å². The zero-order chi connectivity index (χ0) is 17.5. The second-order valence-corrected chi connectivity index (χ2v) is 6.46. The average molecular weight is 353 g/mol. The lowest BCUT2D eigenvalue weighted by Crippen LogP contribution is -2.29. The largest absolute Gasteiger partial charge is 0.492 e. The molecule has 1 amide bonds. The maximum atomic E-state index is 12.0. The maximum absolute atomic E-state index is 12.0. The number of hydrogen-bond donors (Lipinski definition) is 1. The van der Waals surface area contributed by atoms with Crippen molar-refractivity contribution in [3.63, 3.8) is 0 Å². The third kappa shape index (κ3) is 4.93. The number of fused-ring (bicyclic) bond motifs is 1. The number of nitrogens with zero attached hydrogens (tertiary/aromatic N) is 2. The molecule has 0 aliphatic carbocycles. The van der Waals surface area contributed by atoms with Gasteiger partial charge < -0.3 is 10.1 Å². The van der Waals surface area contributed by atoms with Crippen LogP contribution < -0.4 is 10.1 Å². The van der Waals surface area contributed by atoms with Gasteiger partial charge in [0.1, 0.15) is 23.7 Å². The fourth-order valence-corrected chi connectivity index (χ4v) is 3.16. The van der Waals surface area contributed by atoms with E-state index in [1.54, 1.807) is 0 Å². The summed E-state index contributed by atoms with van der Waals surface area (Å²) in [6.07, 6.45) is 1.53. The van der Waals surface area contributed by atoms with E-state index in [4.69, 9.17) is 4.74 Å². The third-order valence-corrected chi connectivity index (χ3v) is 4.53. The predicted molar refractivity (Wildman–Crippen MR) is 99.9 cm³/mol. The quantitative estimate of drug-likeness (QED) is 0.401. The van der Waals surface area contributed by atoms with Gasteiger partial charge in [-0.05, 0) is 30.7 Å². The molecule has 0 atom stereocenters. The van der Waals surface area contributed by atoms with Crippen molar-refractivity contribution < 1.29 is 9.53 Å². The van der Waals surface area contributed by atoms with Crippen LogP contribution in [0.25, 0.3) is 10.9 Å². The van der Waals surface area contributed by atoms with Crippen molar-refractivity contribution >= 4 is 28.6 Å². The number of ether oxygens (including phenoxy) is 1. The van der Waals surface area contributed by atoms with Crippen molar-refractivity contribution in [3.05, 3.63) is 60.4 Å². The molecule has 2 aromatic carbocycles. The first kappa shape index (κ1) is 17.2. The molecule has 128 valence electrons. The van der Waals surface area contributed by atoms with Gasteiger partial charge in [-0.2, -0.15) is 0 Å². The molecule has 0 saturated heterocycles. The summed E-state index contributed by atoms with van der Waals surface area (Å²) in [7, 11) is 0. The van der Waals surface area contributed by atoms with E-state index in [2.05, 4.69) is 15.3 Å². The number of amides is 1. The molecule has 0 saturated carbocycles. The molecule has 1 N–H and O–H groups in total. The summed E-state index contributed by atoms with van der Waals surface area (Å²) >= 11 is 1.41. The number of aryl methyl sites for hydroxylation is 1. The van der Waals surface area contributed by atoms with Gasteiger partial charge in [0.15, 0.2) is 0 Å². The Bertz CT molecular complexity index is 865. The number of carbonyl (C=O) groups excluding carboxylic acids is 1. The molecular weight excluding hydrogens is 334 g/mol. The molecule has 0 spiro atoms. The van der Waals surface area contributed by atoms with Gasteiger partial charge in [-0.3, -0.25) is 4.79 Å². The van der Waals surface area contributed by atoms with Crippen LogP contribution in [0.15, 0.2) is 59.9 Å². The molecule has 1 aromatic heterocycles. The van der Waals surface area contributed by atoms with E-state index < -0.39 is 0 Å². The van der Waals surface area contributed by atoms with E-state index in [0.29, 0.717) is 18.9 Å². The monoisotopic (exact) mass is 353 g/mol. The minimum atomic E-state index is -0.0412. The van der Waals surface area contributed by atoms with E-state index in [1.807, 2.05) is 55.5 Å². The van der Waals surface area contributed by atoms with E-state index in [0.717, 1.165) is 27.2 Å². The number of benzene rings is 2. The van der Waals surface area contributed by atoms with Crippen LogP contribution in [0.5, 0.6) is 5.75 Å². The van der Waals surface area contributed by atoms with Gasteiger partial charge in [-0.25, -0.2) is 9.97 Å². The van der Waals surface area contributed by atoms with Crippen LogP contribution in [0.2, 0.25) is 0 Å². The molecule has 6 heteroatoms. The van der Waals surface area contributed by atoms with Gasteiger partial charge in [0, 0.05) is 5.39 Å². The Morgan fingerprint density at radius 2 is 2.04 bits per heavy atom. The van der Waals surface area contributed by atoms with Crippen molar-refractivity contribution in [1.29, 1.82) is 0 Å². The fraction of sp³-hybridized carbons (Fsp3) is 0.211. The first-order chi connectivity index (χ1) is 12.2. The number of para-hydroxylation sites is 1. The SMILES string of the molecule is Cc1cccc(OCCNC(=O)CSc2ncnc3ccccc23)c1. The van der Waals surface area contributed by atoms with Gasteiger partial charge in [0.05, 0.1) is 17.8 Å². The molecular formula is C19H19N3O2S. The molecule has 25 heavy (non-hydrogen) atoms. The van der Waals surface area contributed by atoms with Gasteiger partial charge in [-0.1, -0.05) is 42.1 Å². The van der Waals surface area contributed by atoms with E-state index in [-0.39, 0.29) is 5.91 Å². The number of hydrogen-bond acceptors (Lipinski definition) is 5. The highest BCUT2D eigenvalue weighted by Gasteiger charge is 2.07. The normalized spacial score (nSPS) is 10.6. The van der Waals surface area contributed by atoms with Crippen LogP contribution in [0, 0.1) is 6.92 Å². The van der Waals surface area contributed by atoms with Crippen LogP contribution >= 0.6 is 11.8 Å². The molecule has 0 bridgehead atoms. The first-order valence-electron chi connectivity index (χ1n) is 8.01. The van der Waals surface area contributed by atoms with Crippen LogP contribution in [-0.2, 0) is 4.79 Å². The summed E-state index contributed by atoms with van der Waals surface area (Å²) < 4.78 is 5.62. The van der Waals surface area contributed by atoms with E-state index in [9.17, 15) is 4.79 Å². The maximum Gasteiger partial charge on any atom is 0.230 e. The number of carbonyl (C=O) groups is 1. The lowest BCUT2D eigenvalue weighted by molar-refractivity contribution is -0.118. The number of aromatic nitrogens is 2. The Kier molecular flexibility index (Phi) is 5.85. The topological polar surface area (TPSA) is 64.1 Å². The summed E-state index contributed by atoms with van der Waals surface area (Å²) in [6, 6.07) is 15.6. The first-order valence-corrected chi connectivity index (χ1v) is 8.99. The van der Waals surface area contributed by atoms with Gasteiger partial charge >= 0.3 is 0 Å². The molecule has 0 aliphatic rings. The van der Waals surface area contributed by atoms with Crippen LogP contribution in [0.1, 0.15) is 5.56 Å². The van der Waals surface area contributed by atoms with Gasteiger partial charge in [0.25, 0.3) is 0 Å². The Balaban J connectivity index is 1.43. The van der Waals surface area contributed by atoms with Crippen molar-refractivity contribution in [1.82, 2.24) is 15.3 Å². The van der Waals surface area contributed by atoms with Crippen LogP contribution in [0.4, 0.5) is 0 Å². The molecule has 3 rings (SSSR count). The Morgan fingerprint density at radius 1 is 1.16 bits per heavy atom. The third-order valence-electron chi connectivity index (χ3n) is 3.53. The van der Waals surface area contributed by atoms with Crippen molar-refractivity contribution in [2.24, 2.45) is 0 Å². The summed E-state index contributed by atoms with van der Waals surface area (Å²) in [5, 5.41) is 4.64. The van der Waals surface area contributed by atoms with Gasteiger partial charge in [-0.15, -0.1) is 0 Å². The molecule has 0 radical (unpaired) electrons. The van der Waals surface area contributed by atoms with Crippen LogP contribution in [-0.4, -0.2) is 34.8 Å². The van der Waals surface area contributed by atoms with E-state index >= 15 is 0 Å². The molecule has 5 nitrogen and oxygen atoms in total. The standard InChI is InChI=1S/C19H19N3O2S/c1-14-5-4-6-15(11-14)24-10-9-20-18(23)12-25-19-16-7-2-3-8-17(16)21-13-22-19/h2-8,11,13H,9-10,12H2,1H3,(H,20,23). The highest BCUT2D eigenvalue weighted by Crippen LogP contribution is 2.23. The molecule has 0 aliphatic heterocycles. The molecule has 3 aromatic rings. The second kappa shape index (κ2) is 8.48. The van der Waals surface area contributed by atoms with Crippen LogP contribution in [0.3, 0.4) is 0 Å². The molecule has 1 heterocycles. The Morgan fingerprint density at radius 3 is 2.92 bits per heavy atom. The fourth-order valence-electron chi connectivity index (χ4n) is 2.34. The predicted octanol–water partition coefficient (Wildman–Crippen LogP) is 3.23. The number of rotatable bonds is 7. The van der Waals surface area contributed by atoms with Crippen molar-refractivity contribution in [3.8, 4) is 5.75 Å². The zero-order valence-corrected chi connectivity index (χ0v) is 14.8. The lowest BCUT2D eigenvalue weighted by Gasteiger charge is -2.08. The van der Waals surface area contributed by atoms with Crippen molar-refractivity contribution in [2.75, 3.05) is 18.9 Å². The molecule has 0 unspecified atom stereocenters. The zero-order valence-electron chi connectivity index (χ0n) is 13.9. The lowest BCUT2D eigenvalue weighted by atomic mass is 10.2. The minimum absolute atomic E-state index is 0.0412. The number of nitrogens with one attached hydrogen (secondary N) is 1. The summed E-state index contributed by atoms with van der Waals surface area (Å²) in [6.45, 7) is 2.93. The minimum Gasteiger partial charge on any atom is -0.492 e. The van der Waals surface area contributed by atoms with Gasteiger partial charge in [0.2, 0.25) is 5.91 Å². The molecule has 0 fully saturated rings. The summed E-state index contributed by atoms with van der Waals surface area (Å²) in [5.74, 6) is 1.09. The highest BCUT2D eigenvalue weighted by atomic mass is 32.2. The summed E-state index contributed by atoms with van der Waals surface area (Å²) in [5.41, 5.74) is 2.03. The second-order valence-electron chi connectivity index (χ2n) is 5.50. The Hall–Kier alpha value is -2.60.